The van der Waals surface area contributed by atoms with Crippen molar-refractivity contribution in [3.63, 3.8) is 0 Å². The molecule has 93 heavy (non-hydrogen) atoms. The summed E-state index contributed by atoms with van der Waals surface area (Å²) in [5, 5.41) is 6.89. The summed E-state index contributed by atoms with van der Waals surface area (Å²) in [7, 11) is 0. The molecule has 0 aliphatic heterocycles. The zero-order valence-electron chi connectivity index (χ0n) is 51.8. The Morgan fingerprint density at radius 2 is 0.194 bits per heavy atom. The van der Waals surface area contributed by atoms with Crippen LogP contribution in [0.4, 0.5) is 0 Å². The minimum absolute atomic E-state index is 0.250. The highest BCUT2D eigenvalue weighted by atomic mass is 16.3. The first-order valence-corrected chi connectivity index (χ1v) is 31.2. The second kappa shape index (κ2) is 35.1. The minimum Gasteiger partial charge on any atom is -0.483 e. The Kier molecular flexibility index (Phi) is 24.1. The lowest BCUT2D eigenvalue weighted by molar-refractivity contribution is -0.122. The van der Waals surface area contributed by atoms with Gasteiger partial charge in [0, 0.05) is 0 Å². The van der Waals surface area contributed by atoms with Gasteiger partial charge in [0.1, 0.15) is 0 Å². The smallest absolute Gasteiger partial charge is 0.290 e. The van der Waals surface area contributed by atoms with Gasteiger partial charge in [0.05, 0.1) is 0 Å². The van der Waals surface area contributed by atoms with Crippen molar-refractivity contribution in [3.8, 4) is 111 Å². The number of carbonyl (C=O) groups is 1. The van der Waals surface area contributed by atoms with Crippen LogP contribution >= 0.6 is 0 Å². The Morgan fingerprint density at radius 1 is 0.129 bits per heavy atom. The van der Waals surface area contributed by atoms with Gasteiger partial charge in [-0.05, 0) is 111 Å². The summed E-state index contributed by atoms with van der Waals surface area (Å²) in [4.78, 5) is 8.36. The molecule has 0 amide bonds. The summed E-state index contributed by atoms with van der Waals surface area (Å²) in [5.41, 5.74) is 25.4. The van der Waals surface area contributed by atoms with Crippen LogP contribution in [-0.4, -0.2) is 11.6 Å². The van der Waals surface area contributed by atoms with E-state index in [9.17, 15) is 0 Å². The molecular formula is C91H72O2. The van der Waals surface area contributed by atoms with Crippen molar-refractivity contribution in [2.75, 3.05) is 0 Å². The number of hydrogen-bond donors (Lipinski definition) is 1. The van der Waals surface area contributed by atoms with E-state index in [1.54, 1.807) is 0 Å². The summed E-state index contributed by atoms with van der Waals surface area (Å²) in [6.45, 7) is -0.250. The Morgan fingerprint density at radius 3 is 0.269 bits per heavy atom. The normalized spacial score (nSPS) is 10.0. The van der Waals surface area contributed by atoms with Crippen LogP contribution in [0.2, 0.25) is 0 Å². The van der Waals surface area contributed by atoms with Crippen molar-refractivity contribution >= 4 is 6.47 Å². The molecule has 0 heterocycles. The first-order chi connectivity index (χ1) is 46.2. The molecule has 0 spiro atoms. The maximum Gasteiger partial charge on any atom is 0.290 e. The SMILES string of the molecule is O=CO.c1ccc(-c2ccccc2-c2ccccc2)cc1.c1ccc(-c2ccccc2-c2ccccc2)cc1.c1ccc(-c2ccccc2-c2ccccc2)cc1.c1ccc(-c2ccccc2-c2ccccc2)cc1.c1ccc(-c2ccccc2-c2ccccc2)cc1. The van der Waals surface area contributed by atoms with Crippen LogP contribution in [0.3, 0.4) is 0 Å². The number of benzene rings is 15. The molecule has 0 aliphatic rings. The monoisotopic (exact) mass is 1200 g/mol. The standard InChI is InChI=1S/5C18H14.CH2O2/c5*1-3-9-15(10-4-1)17-13-7-8-14-18(17)16-11-5-2-6-12-16;2-1-3/h5*1-14H;1H,(H,2,3). The molecule has 0 aromatic heterocycles. The Bertz CT molecular complexity index is 3590. The summed E-state index contributed by atoms with van der Waals surface area (Å²) >= 11 is 0. The van der Waals surface area contributed by atoms with Crippen molar-refractivity contribution in [1.82, 2.24) is 0 Å². The second-order valence-corrected chi connectivity index (χ2v) is 21.5. The van der Waals surface area contributed by atoms with Gasteiger partial charge in [-0.3, -0.25) is 4.79 Å². The third-order valence-corrected chi connectivity index (χ3v) is 15.5. The molecule has 0 saturated heterocycles. The van der Waals surface area contributed by atoms with Crippen LogP contribution in [0.1, 0.15) is 0 Å². The van der Waals surface area contributed by atoms with Gasteiger partial charge in [-0.2, -0.15) is 0 Å². The fraction of sp³-hybridized carbons (Fsp3) is 0. The average molecular weight is 1200 g/mol. The minimum atomic E-state index is -0.250. The summed E-state index contributed by atoms with van der Waals surface area (Å²) in [5.74, 6) is 0. The van der Waals surface area contributed by atoms with E-state index >= 15 is 0 Å². The molecule has 0 unspecified atom stereocenters. The first kappa shape index (κ1) is 63.8. The van der Waals surface area contributed by atoms with Gasteiger partial charge in [-0.15, -0.1) is 0 Å². The van der Waals surface area contributed by atoms with Crippen LogP contribution in [0.5, 0.6) is 0 Å². The average Bonchev–Trinajstić information content (AvgIpc) is 3.53. The van der Waals surface area contributed by atoms with Gasteiger partial charge in [0.15, 0.2) is 0 Å². The Balaban J connectivity index is 0.000000126. The van der Waals surface area contributed by atoms with E-state index in [-0.39, 0.29) is 6.47 Å². The summed E-state index contributed by atoms with van der Waals surface area (Å²) in [6, 6.07) is 148. The van der Waals surface area contributed by atoms with Gasteiger partial charge in [-0.1, -0.05) is 425 Å². The highest BCUT2D eigenvalue weighted by Gasteiger charge is 2.10. The van der Waals surface area contributed by atoms with Crippen molar-refractivity contribution in [2.24, 2.45) is 0 Å². The van der Waals surface area contributed by atoms with Gasteiger partial charge in [0.25, 0.3) is 6.47 Å². The molecule has 1 N–H and O–H groups in total. The van der Waals surface area contributed by atoms with E-state index in [0.29, 0.717) is 0 Å². The second-order valence-electron chi connectivity index (χ2n) is 21.5. The zero-order valence-corrected chi connectivity index (χ0v) is 51.8. The van der Waals surface area contributed by atoms with Crippen LogP contribution in [0, 0.1) is 0 Å². The fourth-order valence-corrected chi connectivity index (χ4v) is 11.1. The summed E-state index contributed by atoms with van der Waals surface area (Å²) < 4.78 is 0. The molecule has 2 nitrogen and oxygen atoms in total. The lowest BCUT2D eigenvalue weighted by Gasteiger charge is -2.09. The van der Waals surface area contributed by atoms with E-state index in [1.165, 1.54) is 111 Å². The molecule has 0 saturated carbocycles. The number of rotatable bonds is 10. The van der Waals surface area contributed by atoms with Gasteiger partial charge in [-0.25, -0.2) is 0 Å². The number of carboxylic acid groups (broad SMARTS) is 1. The molecule has 0 aliphatic carbocycles. The summed E-state index contributed by atoms with van der Waals surface area (Å²) in [6.07, 6.45) is 0. The molecule has 2 heteroatoms. The molecule has 15 aromatic carbocycles. The van der Waals surface area contributed by atoms with Gasteiger partial charge in [0.2, 0.25) is 0 Å². The van der Waals surface area contributed by atoms with Crippen LogP contribution in [-0.2, 0) is 4.79 Å². The van der Waals surface area contributed by atoms with Crippen LogP contribution in [0.15, 0.2) is 425 Å². The maximum atomic E-state index is 8.36. The predicted octanol–water partition coefficient (Wildman–Crippen LogP) is 24.8. The van der Waals surface area contributed by atoms with E-state index in [0.717, 1.165) is 0 Å². The number of hydrogen-bond acceptors (Lipinski definition) is 1. The quantitative estimate of drug-likeness (QED) is 0.139. The molecular weight excluding hydrogens is 1120 g/mol. The molecule has 15 aromatic rings. The topological polar surface area (TPSA) is 37.3 Å². The lowest BCUT2D eigenvalue weighted by atomic mass is 9.95. The molecule has 0 radical (unpaired) electrons. The largest absolute Gasteiger partial charge is 0.483 e. The van der Waals surface area contributed by atoms with E-state index in [1.807, 2.05) is 0 Å². The maximum absolute atomic E-state index is 8.36. The van der Waals surface area contributed by atoms with Crippen molar-refractivity contribution in [3.05, 3.63) is 425 Å². The lowest BCUT2D eigenvalue weighted by Crippen LogP contribution is -1.83. The van der Waals surface area contributed by atoms with Crippen molar-refractivity contribution in [2.45, 2.75) is 0 Å². The Hall–Kier alpha value is -12.2. The van der Waals surface area contributed by atoms with Crippen LogP contribution in [0.25, 0.3) is 111 Å². The molecule has 0 bridgehead atoms. The van der Waals surface area contributed by atoms with E-state index in [2.05, 4.69) is 425 Å². The van der Waals surface area contributed by atoms with E-state index in [4.69, 9.17) is 9.90 Å². The van der Waals surface area contributed by atoms with Crippen molar-refractivity contribution in [1.29, 1.82) is 0 Å². The van der Waals surface area contributed by atoms with Gasteiger partial charge >= 0.3 is 0 Å². The molecule has 15 rings (SSSR count). The highest BCUT2D eigenvalue weighted by Crippen LogP contribution is 2.36. The Labute approximate surface area is 549 Å². The van der Waals surface area contributed by atoms with Crippen molar-refractivity contribution < 1.29 is 9.90 Å². The van der Waals surface area contributed by atoms with Crippen LogP contribution < -0.4 is 0 Å². The zero-order chi connectivity index (χ0) is 63.8. The molecule has 448 valence electrons. The van der Waals surface area contributed by atoms with Gasteiger partial charge < -0.3 is 5.11 Å². The molecule has 0 fully saturated rings. The van der Waals surface area contributed by atoms with E-state index < -0.39 is 0 Å². The fourth-order valence-electron chi connectivity index (χ4n) is 11.1. The first-order valence-electron chi connectivity index (χ1n) is 31.2. The predicted molar refractivity (Wildman–Crippen MR) is 395 cm³/mol. The molecule has 0 atom stereocenters. The highest BCUT2D eigenvalue weighted by molar-refractivity contribution is 5.87. The third-order valence-electron chi connectivity index (χ3n) is 15.5. The third kappa shape index (κ3) is 18.2.